The van der Waals surface area contributed by atoms with E-state index in [1.54, 1.807) is 17.0 Å². The standard InChI is InChI=1S/C21H21ClN2O3/c22-18-9-5-4-8-17(18)21(26)23-11-10-19-15(12-23)13-24(20(25)14-27-19)16-6-2-1-3-7-16/h1-9,15,19H,10-14H2/t15-,19+/m1/s1. The second kappa shape index (κ2) is 7.71. The average Bonchev–Trinajstić information content (AvgIpc) is 2.87. The summed E-state index contributed by atoms with van der Waals surface area (Å²) < 4.78 is 5.87. The zero-order valence-electron chi connectivity index (χ0n) is 14.9. The minimum atomic E-state index is -0.0686. The van der Waals surface area contributed by atoms with Crippen molar-refractivity contribution >= 4 is 29.1 Å². The van der Waals surface area contributed by atoms with E-state index < -0.39 is 0 Å². The normalized spacial score (nSPS) is 22.9. The Labute approximate surface area is 163 Å². The summed E-state index contributed by atoms with van der Waals surface area (Å²) in [6.07, 6.45) is 0.703. The number of fused-ring (bicyclic) bond motifs is 1. The molecule has 0 radical (unpaired) electrons. The number of benzene rings is 2. The molecule has 2 fully saturated rings. The molecular weight excluding hydrogens is 364 g/mol. The summed E-state index contributed by atoms with van der Waals surface area (Å²) in [5.41, 5.74) is 1.38. The first-order chi connectivity index (χ1) is 13.1. The van der Waals surface area contributed by atoms with Gasteiger partial charge in [-0.05, 0) is 30.7 Å². The van der Waals surface area contributed by atoms with E-state index in [0.29, 0.717) is 30.2 Å². The summed E-state index contributed by atoms with van der Waals surface area (Å²) in [4.78, 5) is 29.1. The zero-order valence-corrected chi connectivity index (χ0v) is 15.6. The van der Waals surface area contributed by atoms with Crippen molar-refractivity contribution in [2.45, 2.75) is 12.5 Å². The average molecular weight is 385 g/mol. The highest BCUT2D eigenvalue weighted by Crippen LogP contribution is 2.28. The number of piperidine rings is 1. The lowest BCUT2D eigenvalue weighted by Crippen LogP contribution is -2.49. The summed E-state index contributed by atoms with van der Waals surface area (Å²) in [6, 6.07) is 16.7. The molecule has 0 N–H and O–H groups in total. The molecule has 5 nitrogen and oxygen atoms in total. The van der Waals surface area contributed by atoms with Gasteiger partial charge in [0.15, 0.2) is 0 Å². The molecule has 140 valence electrons. The molecule has 0 unspecified atom stereocenters. The molecule has 0 spiro atoms. The predicted molar refractivity (Wildman–Crippen MR) is 104 cm³/mol. The van der Waals surface area contributed by atoms with E-state index in [0.717, 1.165) is 12.1 Å². The number of ether oxygens (including phenoxy) is 1. The van der Waals surface area contributed by atoms with Gasteiger partial charge in [-0.15, -0.1) is 0 Å². The molecule has 2 aromatic rings. The Hall–Kier alpha value is -2.37. The molecular formula is C21H21ClN2O3. The molecule has 2 aliphatic rings. The van der Waals surface area contributed by atoms with Gasteiger partial charge in [0, 0.05) is 31.2 Å². The van der Waals surface area contributed by atoms with Crippen molar-refractivity contribution in [1.82, 2.24) is 4.90 Å². The van der Waals surface area contributed by atoms with Crippen LogP contribution in [0.4, 0.5) is 5.69 Å². The fourth-order valence-electron chi connectivity index (χ4n) is 3.84. The summed E-state index contributed by atoms with van der Waals surface area (Å²) in [5.74, 6) is -0.0442. The lowest BCUT2D eigenvalue weighted by Gasteiger charge is -2.38. The van der Waals surface area contributed by atoms with E-state index in [2.05, 4.69) is 0 Å². The fourth-order valence-corrected chi connectivity index (χ4v) is 4.06. The Balaban J connectivity index is 1.54. The maximum absolute atomic E-state index is 12.9. The van der Waals surface area contributed by atoms with E-state index in [1.807, 2.05) is 47.4 Å². The van der Waals surface area contributed by atoms with Crippen LogP contribution >= 0.6 is 11.6 Å². The molecule has 4 rings (SSSR count). The summed E-state index contributed by atoms with van der Waals surface area (Å²) in [6.45, 7) is 1.77. The van der Waals surface area contributed by atoms with E-state index >= 15 is 0 Å². The largest absolute Gasteiger partial charge is 0.368 e. The molecule has 2 atom stereocenters. The van der Waals surface area contributed by atoms with Gasteiger partial charge >= 0.3 is 0 Å². The second-order valence-corrected chi connectivity index (χ2v) is 7.38. The van der Waals surface area contributed by atoms with Gasteiger partial charge in [-0.1, -0.05) is 41.9 Å². The number of hydrogen-bond acceptors (Lipinski definition) is 3. The van der Waals surface area contributed by atoms with E-state index in [9.17, 15) is 9.59 Å². The van der Waals surface area contributed by atoms with Gasteiger partial charge in [-0.3, -0.25) is 9.59 Å². The molecule has 27 heavy (non-hydrogen) atoms. The van der Waals surface area contributed by atoms with Crippen LogP contribution in [0, 0.1) is 5.92 Å². The number of carbonyl (C=O) groups excluding carboxylic acids is 2. The van der Waals surface area contributed by atoms with Crippen LogP contribution < -0.4 is 4.90 Å². The Kier molecular flexibility index (Phi) is 5.14. The van der Waals surface area contributed by atoms with Crippen LogP contribution in [0.3, 0.4) is 0 Å². The van der Waals surface area contributed by atoms with Crippen molar-refractivity contribution in [3.8, 4) is 0 Å². The smallest absolute Gasteiger partial charge is 0.255 e. The van der Waals surface area contributed by atoms with Crippen molar-refractivity contribution in [3.05, 3.63) is 65.2 Å². The molecule has 2 amide bonds. The molecule has 0 aromatic heterocycles. The highest BCUT2D eigenvalue weighted by atomic mass is 35.5. The quantitative estimate of drug-likeness (QED) is 0.798. The topological polar surface area (TPSA) is 49.9 Å². The number of para-hydroxylation sites is 1. The van der Waals surface area contributed by atoms with Gasteiger partial charge in [0.05, 0.1) is 16.7 Å². The van der Waals surface area contributed by atoms with Crippen molar-refractivity contribution in [1.29, 1.82) is 0 Å². The number of likely N-dealkylation sites (tertiary alicyclic amines) is 1. The van der Waals surface area contributed by atoms with Crippen LogP contribution in [-0.2, 0) is 9.53 Å². The Morgan fingerprint density at radius 2 is 1.78 bits per heavy atom. The third-order valence-electron chi connectivity index (χ3n) is 5.26. The first-order valence-electron chi connectivity index (χ1n) is 9.14. The Morgan fingerprint density at radius 1 is 1.04 bits per heavy atom. The van der Waals surface area contributed by atoms with Crippen molar-refractivity contribution in [2.24, 2.45) is 5.92 Å². The van der Waals surface area contributed by atoms with Gasteiger partial charge in [0.25, 0.3) is 11.8 Å². The SMILES string of the molecule is O=C(c1ccccc1Cl)N1CC[C@@H]2OCC(=O)N(c3ccccc3)C[C@H]2C1. The summed E-state index contributed by atoms with van der Waals surface area (Å²) >= 11 is 6.20. The van der Waals surface area contributed by atoms with Crippen LogP contribution in [0.15, 0.2) is 54.6 Å². The number of amides is 2. The van der Waals surface area contributed by atoms with Crippen LogP contribution in [-0.4, -0.2) is 49.1 Å². The molecule has 2 aliphatic heterocycles. The molecule has 0 saturated carbocycles. The second-order valence-electron chi connectivity index (χ2n) is 6.97. The summed E-state index contributed by atoms with van der Waals surface area (Å²) in [5, 5.41) is 0.461. The molecule has 2 saturated heterocycles. The lowest BCUT2D eigenvalue weighted by molar-refractivity contribution is -0.124. The van der Waals surface area contributed by atoms with E-state index in [4.69, 9.17) is 16.3 Å². The minimum Gasteiger partial charge on any atom is -0.368 e. The minimum absolute atomic E-state index is 0.0158. The van der Waals surface area contributed by atoms with Crippen LogP contribution in [0.5, 0.6) is 0 Å². The predicted octanol–water partition coefficient (Wildman–Crippen LogP) is 3.23. The number of anilines is 1. The summed E-state index contributed by atoms with van der Waals surface area (Å²) in [7, 11) is 0. The maximum atomic E-state index is 12.9. The highest BCUT2D eigenvalue weighted by Gasteiger charge is 2.38. The lowest BCUT2D eigenvalue weighted by atomic mass is 9.93. The third kappa shape index (κ3) is 3.70. The molecule has 0 bridgehead atoms. The molecule has 2 aromatic carbocycles. The molecule has 2 heterocycles. The zero-order chi connectivity index (χ0) is 18.8. The van der Waals surface area contributed by atoms with Gasteiger partial charge < -0.3 is 14.5 Å². The van der Waals surface area contributed by atoms with Crippen molar-refractivity contribution in [2.75, 3.05) is 31.1 Å². The first-order valence-corrected chi connectivity index (χ1v) is 9.52. The Bertz CT molecular complexity index is 842. The van der Waals surface area contributed by atoms with Gasteiger partial charge in [0.2, 0.25) is 0 Å². The number of halogens is 1. The third-order valence-corrected chi connectivity index (χ3v) is 5.59. The van der Waals surface area contributed by atoms with Crippen LogP contribution in [0.2, 0.25) is 5.02 Å². The van der Waals surface area contributed by atoms with Crippen LogP contribution in [0.1, 0.15) is 16.8 Å². The highest BCUT2D eigenvalue weighted by molar-refractivity contribution is 6.33. The number of carbonyl (C=O) groups is 2. The maximum Gasteiger partial charge on any atom is 0.255 e. The number of rotatable bonds is 2. The van der Waals surface area contributed by atoms with Crippen LogP contribution in [0.25, 0.3) is 0 Å². The van der Waals surface area contributed by atoms with Gasteiger partial charge in [-0.2, -0.15) is 0 Å². The monoisotopic (exact) mass is 384 g/mol. The first kappa shape index (κ1) is 18.0. The van der Waals surface area contributed by atoms with Crippen molar-refractivity contribution in [3.63, 3.8) is 0 Å². The van der Waals surface area contributed by atoms with Gasteiger partial charge in [0.1, 0.15) is 6.61 Å². The number of nitrogens with zero attached hydrogens (tertiary/aromatic N) is 2. The fraction of sp³-hybridized carbons (Fsp3) is 0.333. The van der Waals surface area contributed by atoms with E-state index in [1.165, 1.54) is 0 Å². The Morgan fingerprint density at radius 3 is 2.56 bits per heavy atom. The van der Waals surface area contributed by atoms with Crippen molar-refractivity contribution < 1.29 is 14.3 Å². The van der Waals surface area contributed by atoms with Gasteiger partial charge in [-0.25, -0.2) is 0 Å². The van der Waals surface area contributed by atoms with E-state index in [-0.39, 0.29) is 30.4 Å². The molecule has 6 heteroatoms. The molecule has 0 aliphatic carbocycles. The number of hydrogen-bond donors (Lipinski definition) is 0.